The molecular weight excluding hydrogens is 124 g/mol. The summed E-state index contributed by atoms with van der Waals surface area (Å²) in [5.74, 6) is -0.722. The van der Waals surface area contributed by atoms with E-state index in [1.54, 1.807) is 0 Å². The SMILES string of the molecule is FCc1cccnc1F. The molecule has 9 heavy (non-hydrogen) atoms. The molecule has 0 amide bonds. The first-order valence-corrected chi connectivity index (χ1v) is 2.50. The highest BCUT2D eigenvalue weighted by atomic mass is 19.1. The Labute approximate surface area is 51.3 Å². The summed E-state index contributed by atoms with van der Waals surface area (Å²) in [6.45, 7) is -0.792. The Morgan fingerprint density at radius 1 is 1.56 bits per heavy atom. The highest BCUT2D eigenvalue weighted by molar-refractivity contribution is 5.08. The van der Waals surface area contributed by atoms with Gasteiger partial charge in [0.25, 0.3) is 0 Å². The second-order valence-corrected chi connectivity index (χ2v) is 1.59. The quantitative estimate of drug-likeness (QED) is 0.526. The maximum atomic E-state index is 12.2. The molecule has 0 saturated heterocycles. The van der Waals surface area contributed by atoms with E-state index < -0.39 is 12.6 Å². The summed E-state index contributed by atoms with van der Waals surface area (Å²) in [5, 5.41) is 0. The molecule has 1 aromatic rings. The first-order valence-electron chi connectivity index (χ1n) is 2.50. The Balaban J connectivity index is 3.01. The summed E-state index contributed by atoms with van der Waals surface area (Å²) in [5.41, 5.74) is 0.0116. The fourth-order valence-corrected chi connectivity index (χ4v) is 0.519. The van der Waals surface area contributed by atoms with Crippen LogP contribution >= 0.6 is 0 Å². The molecule has 0 aliphatic carbocycles. The fourth-order valence-electron chi connectivity index (χ4n) is 0.519. The number of pyridine rings is 1. The molecule has 0 aromatic carbocycles. The third-order valence-corrected chi connectivity index (χ3v) is 0.980. The third kappa shape index (κ3) is 1.22. The average molecular weight is 129 g/mol. The maximum absolute atomic E-state index is 12.2. The molecule has 0 atom stereocenters. The first kappa shape index (κ1) is 6.13. The summed E-state index contributed by atoms with van der Waals surface area (Å²) < 4.78 is 23.9. The standard InChI is InChI=1S/C6H5F2N/c7-4-5-2-1-3-9-6(5)8/h1-3H,4H2. The highest BCUT2D eigenvalue weighted by Gasteiger charge is 1.98. The molecule has 0 fully saturated rings. The van der Waals surface area contributed by atoms with E-state index >= 15 is 0 Å². The Hall–Kier alpha value is -0.990. The molecule has 0 saturated carbocycles. The summed E-state index contributed by atoms with van der Waals surface area (Å²) in [6, 6.07) is 2.86. The van der Waals surface area contributed by atoms with Gasteiger partial charge in [0, 0.05) is 11.8 Å². The smallest absolute Gasteiger partial charge is 0.218 e. The van der Waals surface area contributed by atoms with E-state index in [1.165, 1.54) is 18.3 Å². The summed E-state index contributed by atoms with van der Waals surface area (Å²) in [6.07, 6.45) is 1.29. The van der Waals surface area contributed by atoms with Crippen LogP contribution in [0.15, 0.2) is 18.3 Å². The van der Waals surface area contributed by atoms with Crippen molar-refractivity contribution < 1.29 is 8.78 Å². The molecule has 0 aliphatic heterocycles. The molecule has 1 rings (SSSR count). The van der Waals surface area contributed by atoms with Gasteiger partial charge in [0.1, 0.15) is 6.67 Å². The number of hydrogen-bond donors (Lipinski definition) is 0. The number of nitrogens with zero attached hydrogens (tertiary/aromatic N) is 1. The fraction of sp³-hybridized carbons (Fsp3) is 0.167. The molecule has 0 N–H and O–H groups in total. The third-order valence-electron chi connectivity index (χ3n) is 0.980. The Bertz CT molecular complexity index is 200. The molecule has 0 spiro atoms. The lowest BCUT2D eigenvalue weighted by Gasteiger charge is -1.91. The van der Waals surface area contributed by atoms with E-state index in [-0.39, 0.29) is 5.56 Å². The number of halogens is 2. The van der Waals surface area contributed by atoms with Crippen molar-refractivity contribution in [1.29, 1.82) is 0 Å². The molecule has 0 aliphatic rings. The molecular formula is C6H5F2N. The van der Waals surface area contributed by atoms with Crippen molar-refractivity contribution in [3.05, 3.63) is 29.8 Å². The molecule has 1 nitrogen and oxygen atoms in total. The van der Waals surface area contributed by atoms with E-state index in [0.29, 0.717) is 0 Å². The van der Waals surface area contributed by atoms with Crippen molar-refractivity contribution in [2.75, 3.05) is 0 Å². The van der Waals surface area contributed by atoms with E-state index in [4.69, 9.17) is 0 Å². The summed E-state index contributed by atoms with van der Waals surface area (Å²) in [4.78, 5) is 3.24. The zero-order valence-electron chi connectivity index (χ0n) is 4.64. The largest absolute Gasteiger partial charge is 0.246 e. The lowest BCUT2D eigenvalue weighted by Crippen LogP contribution is -1.88. The van der Waals surface area contributed by atoms with Crippen LogP contribution in [0.2, 0.25) is 0 Å². The zero-order chi connectivity index (χ0) is 6.69. The van der Waals surface area contributed by atoms with E-state index in [1.807, 2.05) is 0 Å². The van der Waals surface area contributed by atoms with Crippen molar-refractivity contribution in [2.24, 2.45) is 0 Å². The van der Waals surface area contributed by atoms with Crippen LogP contribution < -0.4 is 0 Å². The molecule has 0 radical (unpaired) electrons. The van der Waals surface area contributed by atoms with Gasteiger partial charge < -0.3 is 0 Å². The molecule has 3 heteroatoms. The van der Waals surface area contributed by atoms with Crippen LogP contribution in [0, 0.1) is 5.95 Å². The van der Waals surface area contributed by atoms with Gasteiger partial charge in [0.15, 0.2) is 0 Å². The number of aromatic nitrogens is 1. The number of rotatable bonds is 1. The van der Waals surface area contributed by atoms with Gasteiger partial charge in [0.2, 0.25) is 5.95 Å². The van der Waals surface area contributed by atoms with Gasteiger partial charge in [0.05, 0.1) is 0 Å². The number of alkyl halides is 1. The predicted molar refractivity (Wildman–Crippen MR) is 29.0 cm³/mol. The summed E-state index contributed by atoms with van der Waals surface area (Å²) >= 11 is 0. The Morgan fingerprint density at radius 2 is 2.33 bits per heavy atom. The van der Waals surface area contributed by atoms with Crippen molar-refractivity contribution in [3.63, 3.8) is 0 Å². The average Bonchev–Trinajstić information content (AvgIpc) is 1.89. The van der Waals surface area contributed by atoms with Crippen LogP contribution in [0.3, 0.4) is 0 Å². The van der Waals surface area contributed by atoms with Gasteiger partial charge in [-0.2, -0.15) is 4.39 Å². The predicted octanol–water partition coefficient (Wildman–Crippen LogP) is 1.69. The number of hydrogen-bond acceptors (Lipinski definition) is 1. The van der Waals surface area contributed by atoms with Crippen LogP contribution in [-0.2, 0) is 6.67 Å². The molecule has 48 valence electrons. The first-order chi connectivity index (χ1) is 4.34. The zero-order valence-corrected chi connectivity index (χ0v) is 4.64. The summed E-state index contributed by atoms with van der Waals surface area (Å²) in [7, 11) is 0. The highest BCUT2D eigenvalue weighted by Crippen LogP contribution is 2.03. The second-order valence-electron chi connectivity index (χ2n) is 1.59. The Morgan fingerprint density at radius 3 is 2.78 bits per heavy atom. The van der Waals surface area contributed by atoms with Crippen LogP contribution in [0.25, 0.3) is 0 Å². The van der Waals surface area contributed by atoms with Crippen molar-refractivity contribution in [1.82, 2.24) is 4.98 Å². The molecule has 0 unspecified atom stereocenters. The maximum Gasteiger partial charge on any atom is 0.218 e. The minimum Gasteiger partial charge on any atom is -0.246 e. The van der Waals surface area contributed by atoms with Crippen LogP contribution in [-0.4, -0.2) is 4.98 Å². The van der Waals surface area contributed by atoms with Crippen LogP contribution in [0.1, 0.15) is 5.56 Å². The van der Waals surface area contributed by atoms with E-state index in [9.17, 15) is 8.78 Å². The normalized spacial score (nSPS) is 9.56. The van der Waals surface area contributed by atoms with Gasteiger partial charge in [-0.05, 0) is 6.07 Å². The minimum atomic E-state index is -0.792. The monoisotopic (exact) mass is 129 g/mol. The van der Waals surface area contributed by atoms with Crippen LogP contribution in [0.4, 0.5) is 8.78 Å². The Kier molecular flexibility index (Phi) is 1.72. The molecule has 1 heterocycles. The lowest BCUT2D eigenvalue weighted by atomic mass is 10.3. The lowest BCUT2D eigenvalue weighted by molar-refractivity contribution is 0.454. The van der Waals surface area contributed by atoms with Crippen molar-refractivity contribution >= 4 is 0 Å². The topological polar surface area (TPSA) is 12.9 Å². The van der Waals surface area contributed by atoms with E-state index in [2.05, 4.69) is 4.98 Å². The van der Waals surface area contributed by atoms with Crippen LogP contribution in [0.5, 0.6) is 0 Å². The van der Waals surface area contributed by atoms with Crippen molar-refractivity contribution in [3.8, 4) is 0 Å². The van der Waals surface area contributed by atoms with Gasteiger partial charge in [-0.15, -0.1) is 0 Å². The van der Waals surface area contributed by atoms with Gasteiger partial charge in [-0.25, -0.2) is 9.37 Å². The van der Waals surface area contributed by atoms with Gasteiger partial charge >= 0.3 is 0 Å². The van der Waals surface area contributed by atoms with Crippen molar-refractivity contribution in [2.45, 2.75) is 6.67 Å². The van der Waals surface area contributed by atoms with Gasteiger partial charge in [-0.3, -0.25) is 0 Å². The van der Waals surface area contributed by atoms with E-state index in [0.717, 1.165) is 0 Å². The minimum absolute atomic E-state index is 0.0116. The molecule has 0 bridgehead atoms. The second kappa shape index (κ2) is 2.53. The van der Waals surface area contributed by atoms with Gasteiger partial charge in [-0.1, -0.05) is 6.07 Å². The molecule has 1 aromatic heterocycles.